The standard InChI is InChI=1S/C11H14BrClN2S/c1-16-11(3-2-4-11)7-15-10-9(12)5-8(13)6-14-10/h5-6H,2-4,7H2,1H3,(H,14,15). The van der Waals surface area contributed by atoms with Gasteiger partial charge in [0.15, 0.2) is 0 Å². The maximum Gasteiger partial charge on any atom is 0.140 e. The highest BCUT2D eigenvalue weighted by atomic mass is 79.9. The number of aromatic nitrogens is 1. The van der Waals surface area contributed by atoms with Gasteiger partial charge >= 0.3 is 0 Å². The first-order chi connectivity index (χ1) is 7.65. The van der Waals surface area contributed by atoms with Crippen LogP contribution in [-0.2, 0) is 0 Å². The van der Waals surface area contributed by atoms with Crippen LogP contribution in [0.25, 0.3) is 0 Å². The highest BCUT2D eigenvalue weighted by molar-refractivity contribution is 9.10. The van der Waals surface area contributed by atoms with E-state index in [1.807, 2.05) is 17.8 Å². The van der Waals surface area contributed by atoms with Crippen molar-refractivity contribution in [3.05, 3.63) is 21.8 Å². The zero-order valence-corrected chi connectivity index (χ0v) is 12.3. The number of nitrogens with zero attached hydrogens (tertiary/aromatic N) is 1. The Morgan fingerprint density at radius 1 is 1.62 bits per heavy atom. The molecule has 1 aromatic heterocycles. The van der Waals surface area contributed by atoms with Gasteiger partial charge in [-0.2, -0.15) is 11.8 Å². The molecule has 0 saturated heterocycles. The monoisotopic (exact) mass is 320 g/mol. The first kappa shape index (κ1) is 12.5. The predicted molar refractivity (Wildman–Crippen MR) is 75.5 cm³/mol. The van der Waals surface area contributed by atoms with Crippen molar-refractivity contribution in [2.45, 2.75) is 24.0 Å². The fraction of sp³-hybridized carbons (Fsp3) is 0.545. The highest BCUT2D eigenvalue weighted by Gasteiger charge is 2.35. The Morgan fingerprint density at radius 2 is 2.38 bits per heavy atom. The Morgan fingerprint density at radius 3 is 2.88 bits per heavy atom. The van der Waals surface area contributed by atoms with Gasteiger partial charge in [-0.15, -0.1) is 0 Å². The summed E-state index contributed by atoms with van der Waals surface area (Å²) in [7, 11) is 0. The lowest BCUT2D eigenvalue weighted by Gasteiger charge is -2.40. The lowest BCUT2D eigenvalue weighted by molar-refractivity contribution is 0.379. The molecule has 1 N–H and O–H groups in total. The van der Waals surface area contributed by atoms with E-state index in [0.29, 0.717) is 9.77 Å². The van der Waals surface area contributed by atoms with Gasteiger partial charge in [0.1, 0.15) is 5.82 Å². The molecule has 1 aliphatic rings. The number of hydrogen-bond donors (Lipinski definition) is 1. The number of anilines is 1. The zero-order chi connectivity index (χ0) is 11.6. The van der Waals surface area contributed by atoms with Gasteiger partial charge in [0.05, 0.1) is 9.50 Å². The quantitative estimate of drug-likeness (QED) is 0.900. The second kappa shape index (κ2) is 5.15. The zero-order valence-electron chi connectivity index (χ0n) is 9.09. The second-order valence-corrected chi connectivity index (χ2v) is 6.64. The molecule has 88 valence electrons. The minimum atomic E-state index is 0.417. The van der Waals surface area contributed by atoms with Gasteiger partial charge in [-0.25, -0.2) is 4.98 Å². The van der Waals surface area contributed by atoms with Crippen molar-refractivity contribution < 1.29 is 0 Å². The molecule has 0 amide bonds. The molecule has 0 aromatic carbocycles. The van der Waals surface area contributed by atoms with Crippen LogP contribution in [0, 0.1) is 0 Å². The van der Waals surface area contributed by atoms with E-state index >= 15 is 0 Å². The number of hydrogen-bond acceptors (Lipinski definition) is 3. The molecule has 1 saturated carbocycles. The van der Waals surface area contributed by atoms with Crippen LogP contribution in [0.2, 0.25) is 5.02 Å². The first-order valence-electron chi connectivity index (χ1n) is 5.25. The molecule has 2 nitrogen and oxygen atoms in total. The Kier molecular flexibility index (Phi) is 4.03. The maximum atomic E-state index is 5.85. The van der Waals surface area contributed by atoms with E-state index < -0.39 is 0 Å². The average Bonchev–Trinajstić information content (AvgIpc) is 2.19. The van der Waals surface area contributed by atoms with Crippen molar-refractivity contribution in [1.29, 1.82) is 0 Å². The summed E-state index contributed by atoms with van der Waals surface area (Å²) < 4.78 is 1.34. The lowest BCUT2D eigenvalue weighted by Crippen LogP contribution is -2.40. The smallest absolute Gasteiger partial charge is 0.140 e. The molecule has 0 aliphatic heterocycles. The molecule has 1 heterocycles. The minimum Gasteiger partial charge on any atom is -0.368 e. The number of thioether (sulfide) groups is 1. The van der Waals surface area contributed by atoms with E-state index in [9.17, 15) is 0 Å². The summed E-state index contributed by atoms with van der Waals surface area (Å²) in [5.74, 6) is 0.879. The first-order valence-corrected chi connectivity index (χ1v) is 7.65. The van der Waals surface area contributed by atoms with Crippen molar-refractivity contribution in [2.24, 2.45) is 0 Å². The van der Waals surface area contributed by atoms with Crippen molar-refractivity contribution in [3.63, 3.8) is 0 Å². The van der Waals surface area contributed by atoms with Crippen molar-refractivity contribution in [3.8, 4) is 0 Å². The van der Waals surface area contributed by atoms with Gasteiger partial charge in [-0.05, 0) is 41.1 Å². The molecule has 2 rings (SSSR count). The Balaban J connectivity index is 1.99. The predicted octanol–water partition coefficient (Wildman–Crippen LogP) is 4.20. The lowest BCUT2D eigenvalue weighted by atomic mass is 9.84. The van der Waals surface area contributed by atoms with Gasteiger partial charge in [0.2, 0.25) is 0 Å². The van der Waals surface area contributed by atoms with Crippen LogP contribution in [0.5, 0.6) is 0 Å². The SMILES string of the molecule is CSC1(CNc2ncc(Cl)cc2Br)CCC1. The molecule has 0 spiro atoms. The Hall–Kier alpha value is 0.0700. The largest absolute Gasteiger partial charge is 0.368 e. The van der Waals surface area contributed by atoms with E-state index in [1.54, 1.807) is 6.20 Å². The Labute approximate surface area is 114 Å². The fourth-order valence-corrected chi connectivity index (χ4v) is 3.51. The van der Waals surface area contributed by atoms with Crippen LogP contribution in [-0.4, -0.2) is 22.5 Å². The van der Waals surface area contributed by atoms with E-state index in [1.165, 1.54) is 19.3 Å². The molecule has 0 radical (unpaired) electrons. The molecular formula is C11H14BrClN2S. The summed E-state index contributed by atoms with van der Waals surface area (Å²) >= 11 is 11.3. The number of nitrogens with one attached hydrogen (secondary N) is 1. The molecule has 5 heteroatoms. The third kappa shape index (κ3) is 2.66. The third-order valence-corrected chi connectivity index (χ3v) is 5.31. The van der Waals surface area contributed by atoms with Crippen molar-refractivity contribution >= 4 is 45.1 Å². The number of pyridine rings is 1. The molecule has 1 aliphatic carbocycles. The van der Waals surface area contributed by atoms with Gasteiger partial charge in [0, 0.05) is 17.5 Å². The van der Waals surface area contributed by atoms with Crippen LogP contribution < -0.4 is 5.32 Å². The summed E-state index contributed by atoms with van der Waals surface area (Å²) in [4.78, 5) is 4.27. The van der Waals surface area contributed by atoms with E-state index in [0.717, 1.165) is 16.8 Å². The van der Waals surface area contributed by atoms with Gasteiger partial charge in [-0.3, -0.25) is 0 Å². The summed E-state index contributed by atoms with van der Waals surface area (Å²) in [6, 6.07) is 1.86. The summed E-state index contributed by atoms with van der Waals surface area (Å²) in [6.45, 7) is 0.974. The highest BCUT2D eigenvalue weighted by Crippen LogP contribution is 2.42. The van der Waals surface area contributed by atoms with E-state index in [2.05, 4.69) is 32.5 Å². The molecule has 16 heavy (non-hydrogen) atoms. The molecule has 0 atom stereocenters. The van der Waals surface area contributed by atoms with Gasteiger partial charge in [-0.1, -0.05) is 18.0 Å². The summed E-state index contributed by atoms with van der Waals surface area (Å²) in [5.41, 5.74) is 0. The molecule has 0 bridgehead atoms. The van der Waals surface area contributed by atoms with Crippen LogP contribution in [0.15, 0.2) is 16.7 Å². The Bertz CT molecular complexity index is 377. The summed E-state index contributed by atoms with van der Waals surface area (Å²) in [6.07, 6.45) is 7.79. The normalized spacial score (nSPS) is 17.9. The minimum absolute atomic E-state index is 0.417. The van der Waals surface area contributed by atoms with Crippen molar-refractivity contribution in [1.82, 2.24) is 4.98 Å². The topological polar surface area (TPSA) is 24.9 Å². The van der Waals surface area contributed by atoms with Crippen LogP contribution in [0.4, 0.5) is 5.82 Å². The van der Waals surface area contributed by atoms with E-state index in [-0.39, 0.29) is 0 Å². The van der Waals surface area contributed by atoms with Crippen molar-refractivity contribution in [2.75, 3.05) is 18.1 Å². The van der Waals surface area contributed by atoms with Gasteiger partial charge < -0.3 is 5.32 Å². The second-order valence-electron chi connectivity index (χ2n) is 4.08. The number of rotatable bonds is 4. The molecule has 1 fully saturated rings. The van der Waals surface area contributed by atoms with Gasteiger partial charge in [0.25, 0.3) is 0 Å². The third-order valence-electron chi connectivity index (χ3n) is 3.08. The molecule has 0 unspecified atom stereocenters. The molecular weight excluding hydrogens is 308 g/mol. The fourth-order valence-electron chi connectivity index (χ4n) is 1.81. The van der Waals surface area contributed by atoms with Crippen LogP contribution in [0.1, 0.15) is 19.3 Å². The van der Waals surface area contributed by atoms with Crippen LogP contribution >= 0.6 is 39.3 Å². The van der Waals surface area contributed by atoms with Crippen LogP contribution in [0.3, 0.4) is 0 Å². The average molecular weight is 322 g/mol. The van der Waals surface area contributed by atoms with E-state index in [4.69, 9.17) is 11.6 Å². The number of halogens is 2. The maximum absolute atomic E-state index is 5.85. The summed E-state index contributed by atoms with van der Waals surface area (Å²) in [5, 5.41) is 4.05. The molecule has 1 aromatic rings.